The van der Waals surface area contributed by atoms with Crippen LogP contribution in [0.2, 0.25) is 0 Å². The Morgan fingerprint density at radius 2 is 2.00 bits per heavy atom. The number of carbonyl (C=O) groups is 2. The largest absolute Gasteiger partial charge is 0.444 e. The molecule has 3 N–H and O–H groups in total. The van der Waals surface area contributed by atoms with Crippen molar-refractivity contribution >= 4 is 17.8 Å². The first-order chi connectivity index (χ1) is 13.1. The number of hydrogen-bond acceptors (Lipinski definition) is 7. The van der Waals surface area contributed by atoms with E-state index in [-0.39, 0.29) is 23.1 Å². The van der Waals surface area contributed by atoms with Gasteiger partial charge in [0.1, 0.15) is 5.60 Å². The second-order valence-electron chi connectivity index (χ2n) is 7.48. The van der Waals surface area contributed by atoms with Crippen LogP contribution in [0.25, 0.3) is 0 Å². The number of primary amides is 1. The fourth-order valence-corrected chi connectivity index (χ4v) is 2.93. The van der Waals surface area contributed by atoms with E-state index < -0.39 is 29.7 Å². The van der Waals surface area contributed by atoms with Crippen molar-refractivity contribution < 1.29 is 28.2 Å². The number of rotatable bonds is 6. The Morgan fingerprint density at radius 3 is 2.54 bits per heavy atom. The first kappa shape index (κ1) is 21.8. The molecule has 9 nitrogen and oxygen atoms in total. The summed E-state index contributed by atoms with van der Waals surface area (Å²) in [4.78, 5) is 29.5. The third kappa shape index (κ3) is 5.29. The van der Waals surface area contributed by atoms with Crippen molar-refractivity contribution in [2.75, 3.05) is 32.2 Å². The topological polar surface area (TPSA) is 116 Å². The molecule has 0 spiro atoms. The number of ether oxygens (including phenoxy) is 3. The van der Waals surface area contributed by atoms with Crippen molar-refractivity contribution in [1.29, 1.82) is 0 Å². The number of nitrogens with one attached hydrogen (secondary N) is 1. The zero-order valence-electron chi connectivity index (χ0n) is 16.7. The number of nitrogens with two attached hydrogens (primary N) is 1. The lowest BCUT2D eigenvalue weighted by Gasteiger charge is -2.23. The summed E-state index contributed by atoms with van der Waals surface area (Å²) in [6.07, 6.45) is -0.858. The van der Waals surface area contributed by atoms with Crippen LogP contribution in [0.15, 0.2) is 6.07 Å². The van der Waals surface area contributed by atoms with Crippen LogP contribution < -0.4 is 16.0 Å². The molecule has 0 radical (unpaired) electrons. The Labute approximate surface area is 163 Å². The van der Waals surface area contributed by atoms with E-state index in [0.717, 1.165) is 0 Å². The Hall–Kier alpha value is -2.46. The second-order valence-corrected chi connectivity index (χ2v) is 7.48. The molecule has 2 heterocycles. The van der Waals surface area contributed by atoms with Gasteiger partial charge in [-0.2, -0.15) is 0 Å². The standard InChI is InChI=1S/C18H27FN4O5/c1-18(2,3)28-17(25)21-10-6-7-23(9-10)15-13(19)11(14(20)24)8-12(22-15)16(26-4)27-5/h8,10,16H,6-7,9H2,1-5H3,(H2,20,24)(H,21,25)/t10-/m1/s1. The number of alkyl carbamates (subject to hydrolysis) is 1. The Balaban J connectivity index is 2.23. The van der Waals surface area contributed by atoms with E-state index in [2.05, 4.69) is 10.3 Å². The molecule has 0 bridgehead atoms. The molecule has 2 amide bonds. The molecule has 1 aliphatic rings. The maximum absolute atomic E-state index is 14.8. The number of methoxy groups -OCH3 is 2. The molecule has 1 saturated heterocycles. The van der Waals surface area contributed by atoms with Gasteiger partial charge < -0.3 is 30.2 Å². The van der Waals surface area contributed by atoms with E-state index in [0.29, 0.717) is 19.5 Å². The predicted molar refractivity (Wildman–Crippen MR) is 99.5 cm³/mol. The summed E-state index contributed by atoms with van der Waals surface area (Å²) in [7, 11) is 2.80. The number of halogens is 1. The highest BCUT2D eigenvalue weighted by molar-refractivity contribution is 5.94. The Kier molecular flexibility index (Phi) is 6.78. The van der Waals surface area contributed by atoms with Gasteiger partial charge in [0.05, 0.1) is 17.3 Å². The van der Waals surface area contributed by atoms with Crippen LogP contribution in [0, 0.1) is 5.82 Å². The van der Waals surface area contributed by atoms with Crippen LogP contribution in [0.1, 0.15) is 49.5 Å². The number of hydrogen-bond donors (Lipinski definition) is 2. The van der Waals surface area contributed by atoms with E-state index in [1.807, 2.05) is 0 Å². The summed E-state index contributed by atoms with van der Waals surface area (Å²) in [5.41, 5.74) is 4.61. The molecule has 28 heavy (non-hydrogen) atoms. The van der Waals surface area contributed by atoms with Crippen LogP contribution in [0.4, 0.5) is 15.0 Å². The minimum Gasteiger partial charge on any atom is -0.444 e. The molecule has 10 heteroatoms. The molecule has 156 valence electrons. The minimum absolute atomic E-state index is 0.0427. The SMILES string of the molecule is COC(OC)c1cc(C(N)=O)c(F)c(N2CC[C@@H](NC(=O)OC(C)(C)C)C2)n1. The normalized spacial score (nSPS) is 17.1. The summed E-state index contributed by atoms with van der Waals surface area (Å²) in [6, 6.07) is 0.961. The Bertz CT molecular complexity index is 733. The van der Waals surface area contributed by atoms with Crippen molar-refractivity contribution in [3.63, 3.8) is 0 Å². The third-order valence-corrected chi connectivity index (χ3v) is 4.10. The molecule has 1 aliphatic heterocycles. The fourth-order valence-electron chi connectivity index (χ4n) is 2.93. The van der Waals surface area contributed by atoms with Gasteiger partial charge in [-0.3, -0.25) is 4.79 Å². The summed E-state index contributed by atoms with van der Waals surface area (Å²) < 4.78 is 30.4. The van der Waals surface area contributed by atoms with E-state index in [4.69, 9.17) is 19.9 Å². The molecule has 1 aromatic heterocycles. The maximum atomic E-state index is 14.8. The zero-order chi connectivity index (χ0) is 21.1. The summed E-state index contributed by atoms with van der Waals surface area (Å²) in [5, 5.41) is 2.76. The van der Waals surface area contributed by atoms with Crippen LogP contribution in [0.3, 0.4) is 0 Å². The van der Waals surface area contributed by atoms with E-state index in [1.165, 1.54) is 20.3 Å². The molecular formula is C18H27FN4O5. The second kappa shape index (κ2) is 8.70. The first-order valence-electron chi connectivity index (χ1n) is 8.86. The molecular weight excluding hydrogens is 371 g/mol. The van der Waals surface area contributed by atoms with Crippen molar-refractivity contribution in [3.05, 3.63) is 23.1 Å². The van der Waals surface area contributed by atoms with Crippen molar-refractivity contribution in [2.24, 2.45) is 5.73 Å². The maximum Gasteiger partial charge on any atom is 0.407 e. The molecule has 0 aromatic carbocycles. The quantitative estimate of drug-likeness (QED) is 0.701. The lowest BCUT2D eigenvalue weighted by Crippen LogP contribution is -2.40. The van der Waals surface area contributed by atoms with Crippen LogP contribution >= 0.6 is 0 Å². The predicted octanol–water partition coefficient (Wildman–Crippen LogP) is 1.71. The Morgan fingerprint density at radius 1 is 1.36 bits per heavy atom. The molecule has 0 saturated carbocycles. The highest BCUT2D eigenvalue weighted by Gasteiger charge is 2.31. The monoisotopic (exact) mass is 398 g/mol. The number of pyridine rings is 1. The average molecular weight is 398 g/mol. The van der Waals surface area contributed by atoms with E-state index in [1.54, 1.807) is 25.7 Å². The smallest absolute Gasteiger partial charge is 0.407 e. The minimum atomic E-state index is -0.920. The van der Waals surface area contributed by atoms with Crippen LogP contribution in [-0.2, 0) is 14.2 Å². The van der Waals surface area contributed by atoms with Gasteiger partial charge in [0.25, 0.3) is 5.91 Å². The van der Waals surface area contributed by atoms with Gasteiger partial charge in [-0.1, -0.05) is 0 Å². The van der Waals surface area contributed by atoms with Crippen molar-refractivity contribution in [3.8, 4) is 0 Å². The van der Waals surface area contributed by atoms with Gasteiger partial charge in [-0.05, 0) is 33.3 Å². The van der Waals surface area contributed by atoms with Crippen molar-refractivity contribution in [1.82, 2.24) is 10.3 Å². The fraction of sp³-hybridized carbons (Fsp3) is 0.611. The summed E-state index contributed by atoms with van der Waals surface area (Å²) in [5.74, 6) is -1.78. The molecule has 0 aliphatic carbocycles. The summed E-state index contributed by atoms with van der Waals surface area (Å²) in [6.45, 7) is 6.04. The molecule has 1 aromatic rings. The van der Waals surface area contributed by atoms with Gasteiger partial charge in [0.15, 0.2) is 11.6 Å². The number of amides is 2. The zero-order valence-corrected chi connectivity index (χ0v) is 16.7. The van der Waals surface area contributed by atoms with Crippen LogP contribution in [-0.4, -0.2) is 55.9 Å². The number of anilines is 1. The van der Waals surface area contributed by atoms with Crippen molar-refractivity contribution in [2.45, 2.75) is 45.1 Å². The molecule has 1 atom stereocenters. The van der Waals surface area contributed by atoms with Gasteiger partial charge >= 0.3 is 6.09 Å². The van der Waals surface area contributed by atoms with E-state index in [9.17, 15) is 14.0 Å². The third-order valence-electron chi connectivity index (χ3n) is 4.10. The number of nitrogens with zero attached hydrogens (tertiary/aromatic N) is 2. The number of aromatic nitrogens is 1. The highest BCUT2D eigenvalue weighted by Crippen LogP contribution is 2.28. The molecule has 1 fully saturated rings. The molecule has 0 unspecified atom stereocenters. The number of carbonyl (C=O) groups excluding carboxylic acids is 2. The lowest BCUT2D eigenvalue weighted by atomic mass is 10.2. The van der Waals surface area contributed by atoms with Gasteiger partial charge in [0, 0.05) is 27.3 Å². The van der Waals surface area contributed by atoms with Crippen LogP contribution in [0.5, 0.6) is 0 Å². The van der Waals surface area contributed by atoms with Gasteiger partial charge in [0.2, 0.25) is 6.29 Å². The summed E-state index contributed by atoms with van der Waals surface area (Å²) >= 11 is 0. The lowest BCUT2D eigenvalue weighted by molar-refractivity contribution is -0.108. The highest BCUT2D eigenvalue weighted by atomic mass is 19.1. The van der Waals surface area contributed by atoms with Gasteiger partial charge in [-0.15, -0.1) is 0 Å². The van der Waals surface area contributed by atoms with Gasteiger partial charge in [-0.25, -0.2) is 14.2 Å². The average Bonchev–Trinajstić information content (AvgIpc) is 3.03. The molecule has 2 rings (SSSR count). The first-order valence-corrected chi connectivity index (χ1v) is 8.86. The van der Waals surface area contributed by atoms with E-state index >= 15 is 0 Å².